The Hall–Kier alpha value is -3.65. The van der Waals surface area contributed by atoms with E-state index in [1.165, 1.54) is 0 Å². The van der Waals surface area contributed by atoms with Crippen molar-refractivity contribution < 1.29 is 37.5 Å². The zero-order valence-electron chi connectivity index (χ0n) is 18.0. The Morgan fingerprint density at radius 2 is 1.97 bits per heavy atom. The lowest BCUT2D eigenvalue weighted by molar-refractivity contribution is -0.192. The molecule has 4 rings (SSSR count). The van der Waals surface area contributed by atoms with E-state index < -0.39 is 17.7 Å². The summed E-state index contributed by atoms with van der Waals surface area (Å²) in [6.45, 7) is 3.65. The van der Waals surface area contributed by atoms with Gasteiger partial charge in [-0.05, 0) is 18.9 Å². The molecule has 1 spiro atoms. The van der Waals surface area contributed by atoms with Crippen LogP contribution in [0.5, 0.6) is 0 Å². The molecule has 2 saturated heterocycles. The first-order valence-electron chi connectivity index (χ1n) is 10.5. The summed E-state index contributed by atoms with van der Waals surface area (Å²) in [7, 11) is 0. The minimum absolute atomic E-state index is 0.0878. The maximum absolute atomic E-state index is 12.4. The van der Waals surface area contributed by atoms with Crippen LogP contribution in [0.15, 0.2) is 23.6 Å². The average Bonchev–Trinajstić information content (AvgIpc) is 3.40. The van der Waals surface area contributed by atoms with Gasteiger partial charge in [-0.1, -0.05) is 5.16 Å². The highest BCUT2D eigenvalue weighted by Crippen LogP contribution is 2.34. The molecule has 15 heteroatoms. The van der Waals surface area contributed by atoms with Crippen molar-refractivity contribution in [1.29, 1.82) is 0 Å². The number of carbonyl (C=O) groups excluding carboxylic acids is 2. The highest BCUT2D eigenvalue weighted by atomic mass is 19.4. The molecule has 186 valence electrons. The summed E-state index contributed by atoms with van der Waals surface area (Å²) in [4.78, 5) is 50.9. The zero-order valence-corrected chi connectivity index (χ0v) is 18.0. The quantitative estimate of drug-likeness (QED) is 0.539. The third-order valence-corrected chi connectivity index (χ3v) is 5.33. The standard InChI is InChI=1S/C17H23N7O3.C2HF3O2/c25-14(18-6-9-23-10-7-21-16(23)26)13-11-17(27-22-13)3-1-8-24(12-17)15-19-4-2-5-20-15;3-2(4,5)1(6)7/h2,4-5H,1,3,6-12H2,(H,18,25)(H,21,26);(H,6,7). The van der Waals surface area contributed by atoms with Crippen LogP contribution in [-0.2, 0) is 14.4 Å². The predicted octanol–water partition coefficient (Wildman–Crippen LogP) is 0.367. The van der Waals surface area contributed by atoms with Crippen LogP contribution in [0.4, 0.5) is 23.9 Å². The van der Waals surface area contributed by atoms with Gasteiger partial charge in [0.25, 0.3) is 5.91 Å². The molecule has 3 amide bonds. The normalized spacial score (nSPS) is 21.9. The van der Waals surface area contributed by atoms with Gasteiger partial charge in [-0.2, -0.15) is 13.2 Å². The molecule has 3 aliphatic rings. The first-order chi connectivity index (χ1) is 16.1. The number of anilines is 1. The highest BCUT2D eigenvalue weighted by Gasteiger charge is 2.45. The van der Waals surface area contributed by atoms with Crippen molar-refractivity contribution >= 4 is 29.6 Å². The van der Waals surface area contributed by atoms with Crippen molar-refractivity contribution in [3.63, 3.8) is 0 Å². The van der Waals surface area contributed by atoms with Crippen molar-refractivity contribution in [3.8, 4) is 0 Å². The molecule has 2 fully saturated rings. The number of carbonyl (C=O) groups is 3. The van der Waals surface area contributed by atoms with E-state index in [1.54, 1.807) is 23.4 Å². The minimum Gasteiger partial charge on any atom is -0.475 e. The fourth-order valence-electron chi connectivity index (χ4n) is 3.72. The summed E-state index contributed by atoms with van der Waals surface area (Å²) in [5, 5.41) is 16.7. The Balaban J connectivity index is 0.000000406. The van der Waals surface area contributed by atoms with Crippen LogP contribution in [0.3, 0.4) is 0 Å². The largest absolute Gasteiger partial charge is 0.490 e. The van der Waals surface area contributed by atoms with Crippen LogP contribution in [0.2, 0.25) is 0 Å². The molecular weight excluding hydrogens is 463 g/mol. The van der Waals surface area contributed by atoms with Gasteiger partial charge in [0.2, 0.25) is 5.95 Å². The van der Waals surface area contributed by atoms with Gasteiger partial charge < -0.3 is 30.4 Å². The van der Waals surface area contributed by atoms with Gasteiger partial charge in [0, 0.05) is 51.5 Å². The van der Waals surface area contributed by atoms with Crippen LogP contribution >= 0.6 is 0 Å². The van der Waals surface area contributed by atoms with Crippen molar-refractivity contribution in [2.24, 2.45) is 5.16 Å². The SMILES string of the molecule is O=C(NCCN1CCNC1=O)C1=NOC2(CCCN(c3ncccn3)C2)C1.O=C(O)C(F)(F)F. The first-order valence-corrected chi connectivity index (χ1v) is 10.5. The Kier molecular flexibility index (Phi) is 7.73. The Morgan fingerprint density at radius 3 is 2.59 bits per heavy atom. The van der Waals surface area contributed by atoms with Gasteiger partial charge in [0.15, 0.2) is 5.60 Å². The Labute approximate surface area is 192 Å². The van der Waals surface area contributed by atoms with Gasteiger partial charge in [-0.25, -0.2) is 19.6 Å². The summed E-state index contributed by atoms with van der Waals surface area (Å²) in [5.41, 5.74) is -0.101. The average molecular weight is 487 g/mol. The van der Waals surface area contributed by atoms with Crippen LogP contribution in [0.1, 0.15) is 19.3 Å². The van der Waals surface area contributed by atoms with Gasteiger partial charge in [-0.15, -0.1) is 0 Å². The number of rotatable bonds is 5. The molecule has 4 heterocycles. The van der Waals surface area contributed by atoms with Crippen LogP contribution in [0.25, 0.3) is 0 Å². The fourth-order valence-corrected chi connectivity index (χ4v) is 3.72. The fraction of sp³-hybridized carbons (Fsp3) is 0.579. The second kappa shape index (κ2) is 10.5. The molecule has 0 aromatic carbocycles. The Bertz CT molecular complexity index is 931. The lowest BCUT2D eigenvalue weighted by atomic mass is 9.88. The number of carboxylic acids is 1. The molecule has 3 N–H and O–H groups in total. The summed E-state index contributed by atoms with van der Waals surface area (Å²) in [6, 6.07) is 1.70. The first kappa shape index (κ1) is 25.0. The topological polar surface area (TPSA) is 149 Å². The second-order valence-corrected chi connectivity index (χ2v) is 7.84. The number of nitrogens with zero attached hydrogens (tertiary/aromatic N) is 5. The molecular formula is C19H24F3N7O5. The van der Waals surface area contributed by atoms with Gasteiger partial charge in [0.1, 0.15) is 5.71 Å². The van der Waals surface area contributed by atoms with Gasteiger partial charge in [0.05, 0.1) is 6.54 Å². The number of halogens is 3. The van der Waals surface area contributed by atoms with E-state index in [0.717, 1.165) is 19.4 Å². The van der Waals surface area contributed by atoms with Crippen molar-refractivity contribution in [3.05, 3.63) is 18.5 Å². The number of urea groups is 1. The lowest BCUT2D eigenvalue weighted by Crippen LogP contribution is -2.49. The molecule has 12 nitrogen and oxygen atoms in total. The van der Waals surface area contributed by atoms with E-state index in [9.17, 15) is 22.8 Å². The molecule has 1 unspecified atom stereocenters. The van der Waals surface area contributed by atoms with Gasteiger partial charge in [-0.3, -0.25) is 4.79 Å². The van der Waals surface area contributed by atoms with Crippen LogP contribution < -0.4 is 15.5 Å². The number of aliphatic carboxylic acids is 1. The highest BCUT2D eigenvalue weighted by molar-refractivity contribution is 6.39. The third kappa shape index (κ3) is 6.45. The van der Waals surface area contributed by atoms with Crippen LogP contribution in [0, 0.1) is 0 Å². The van der Waals surface area contributed by atoms with Gasteiger partial charge >= 0.3 is 18.2 Å². The number of oxime groups is 1. The zero-order chi connectivity index (χ0) is 24.8. The number of nitrogens with one attached hydrogen (secondary N) is 2. The third-order valence-electron chi connectivity index (χ3n) is 5.33. The molecule has 1 aromatic heterocycles. The maximum Gasteiger partial charge on any atom is 0.490 e. The molecule has 1 atom stereocenters. The summed E-state index contributed by atoms with van der Waals surface area (Å²) in [5.74, 6) is -2.32. The number of piperidine rings is 1. The van der Waals surface area contributed by atoms with E-state index in [-0.39, 0.29) is 11.9 Å². The molecule has 0 saturated carbocycles. The summed E-state index contributed by atoms with van der Waals surface area (Å²) < 4.78 is 31.7. The van der Waals surface area contributed by atoms with E-state index in [2.05, 4.69) is 30.7 Å². The Morgan fingerprint density at radius 1 is 1.26 bits per heavy atom. The number of alkyl halides is 3. The van der Waals surface area contributed by atoms with Crippen molar-refractivity contribution in [2.75, 3.05) is 44.2 Å². The van der Waals surface area contributed by atoms with E-state index in [4.69, 9.17) is 14.7 Å². The van der Waals surface area contributed by atoms with E-state index in [0.29, 0.717) is 50.8 Å². The smallest absolute Gasteiger partial charge is 0.475 e. The summed E-state index contributed by atoms with van der Waals surface area (Å²) in [6.07, 6.45) is 0.577. The molecule has 0 aliphatic carbocycles. The number of hydrogen-bond acceptors (Lipinski definition) is 8. The van der Waals surface area contributed by atoms with E-state index in [1.807, 2.05) is 0 Å². The van der Waals surface area contributed by atoms with Crippen LogP contribution in [-0.4, -0.2) is 94.6 Å². The monoisotopic (exact) mass is 487 g/mol. The lowest BCUT2D eigenvalue weighted by Gasteiger charge is -2.38. The molecule has 0 bridgehead atoms. The maximum atomic E-state index is 12.4. The number of hydrogen-bond donors (Lipinski definition) is 3. The predicted molar refractivity (Wildman–Crippen MR) is 111 cm³/mol. The minimum atomic E-state index is -5.08. The molecule has 3 aliphatic heterocycles. The molecule has 34 heavy (non-hydrogen) atoms. The van der Waals surface area contributed by atoms with Crippen molar-refractivity contribution in [2.45, 2.75) is 31.0 Å². The number of aromatic nitrogens is 2. The summed E-state index contributed by atoms with van der Waals surface area (Å²) >= 11 is 0. The van der Waals surface area contributed by atoms with E-state index >= 15 is 0 Å². The number of amides is 3. The second-order valence-electron chi connectivity index (χ2n) is 7.84. The molecule has 0 radical (unpaired) electrons. The molecule has 1 aromatic rings. The van der Waals surface area contributed by atoms with Crippen molar-refractivity contribution in [1.82, 2.24) is 25.5 Å². The number of carboxylic acid groups (broad SMARTS) is 1.